The third-order valence-electron chi connectivity index (χ3n) is 6.01. The molecule has 1 fully saturated rings. The topological polar surface area (TPSA) is 80.5 Å². The van der Waals surface area contributed by atoms with Gasteiger partial charge in [-0.2, -0.15) is 0 Å². The zero-order chi connectivity index (χ0) is 23.5. The van der Waals surface area contributed by atoms with Gasteiger partial charge in [0.2, 0.25) is 0 Å². The van der Waals surface area contributed by atoms with Crippen molar-refractivity contribution >= 4 is 11.7 Å². The van der Waals surface area contributed by atoms with Crippen LogP contribution in [0.5, 0.6) is 5.75 Å². The van der Waals surface area contributed by atoms with E-state index >= 15 is 0 Å². The number of pyridine rings is 1. The minimum atomic E-state index is -0.159. The van der Waals surface area contributed by atoms with E-state index in [2.05, 4.69) is 43.2 Å². The molecule has 4 rings (SSSR count). The van der Waals surface area contributed by atoms with Gasteiger partial charge in [-0.3, -0.25) is 4.79 Å². The third-order valence-corrected chi connectivity index (χ3v) is 6.01. The lowest BCUT2D eigenvalue weighted by Crippen LogP contribution is -2.55. The number of hydrogen-bond donors (Lipinski definition) is 2. The van der Waals surface area contributed by atoms with E-state index in [9.17, 15) is 4.79 Å². The number of piperazine rings is 1. The maximum absolute atomic E-state index is 13.0. The molecule has 3 N–H and O–H groups in total. The van der Waals surface area contributed by atoms with Gasteiger partial charge in [-0.1, -0.05) is 42.0 Å². The van der Waals surface area contributed by atoms with Crippen LogP contribution < -0.4 is 15.8 Å². The normalized spacial score (nSPS) is 19.2. The van der Waals surface area contributed by atoms with E-state index in [0.717, 1.165) is 16.7 Å². The van der Waals surface area contributed by atoms with Crippen molar-refractivity contribution in [2.75, 3.05) is 18.8 Å². The average Bonchev–Trinajstić information content (AvgIpc) is 2.79. The molecule has 6 nitrogen and oxygen atoms in total. The number of amides is 1. The van der Waals surface area contributed by atoms with Gasteiger partial charge in [-0.05, 0) is 57.0 Å². The van der Waals surface area contributed by atoms with Crippen LogP contribution in [0.15, 0.2) is 60.8 Å². The number of nitrogens with two attached hydrogens (primary N) is 1. The third kappa shape index (κ3) is 5.34. The Morgan fingerprint density at radius 2 is 1.79 bits per heavy atom. The number of nitrogen functional groups attached to an aromatic ring is 1. The molecule has 1 aliphatic heterocycles. The van der Waals surface area contributed by atoms with E-state index < -0.39 is 0 Å². The number of anilines is 1. The molecule has 0 radical (unpaired) electrons. The number of benzene rings is 2. The van der Waals surface area contributed by atoms with E-state index in [0.29, 0.717) is 42.3 Å². The Hall–Kier alpha value is -3.38. The molecule has 1 amide bonds. The van der Waals surface area contributed by atoms with Crippen molar-refractivity contribution in [1.82, 2.24) is 15.2 Å². The van der Waals surface area contributed by atoms with Gasteiger partial charge < -0.3 is 20.7 Å². The number of ether oxygens (including phenoxy) is 1. The molecular weight excluding hydrogens is 412 g/mol. The SMILES string of the molecule is Cc1cccc(C(C)Oc2cc(-c3ccc(C(=O)N4C[C@@H](C)N[C@@H](C)C4)cc3)cnc2N)c1. The van der Waals surface area contributed by atoms with Gasteiger partial charge >= 0.3 is 0 Å². The van der Waals surface area contributed by atoms with Crippen LogP contribution in [0.3, 0.4) is 0 Å². The highest BCUT2D eigenvalue weighted by Gasteiger charge is 2.25. The summed E-state index contributed by atoms with van der Waals surface area (Å²) < 4.78 is 6.16. The van der Waals surface area contributed by atoms with Gasteiger partial charge in [0.25, 0.3) is 5.91 Å². The number of carbonyl (C=O) groups excluding carboxylic acids is 1. The maximum Gasteiger partial charge on any atom is 0.253 e. The molecule has 0 saturated carbocycles. The number of aromatic nitrogens is 1. The first-order valence-electron chi connectivity index (χ1n) is 11.4. The minimum Gasteiger partial charge on any atom is -0.482 e. The zero-order valence-corrected chi connectivity index (χ0v) is 19.7. The molecule has 1 aromatic heterocycles. The van der Waals surface area contributed by atoms with Crippen LogP contribution in [0.4, 0.5) is 5.82 Å². The molecule has 0 bridgehead atoms. The standard InChI is InChI=1S/C27H32N4O2/c1-17-6-5-7-23(12-17)20(4)33-25-13-24(14-29-26(25)28)21-8-10-22(11-9-21)27(32)31-15-18(2)30-19(3)16-31/h5-14,18-20,30H,15-16H2,1-4H3,(H2,28,29)/t18-,19+,20?. The second-order valence-corrected chi connectivity index (χ2v) is 9.04. The molecular formula is C27H32N4O2. The number of nitrogens with one attached hydrogen (secondary N) is 1. The summed E-state index contributed by atoms with van der Waals surface area (Å²) in [6.45, 7) is 9.70. The second kappa shape index (κ2) is 9.63. The monoisotopic (exact) mass is 444 g/mol. The summed E-state index contributed by atoms with van der Waals surface area (Å²) in [6, 6.07) is 18.4. The fourth-order valence-corrected chi connectivity index (χ4v) is 4.37. The van der Waals surface area contributed by atoms with Gasteiger partial charge in [0.1, 0.15) is 6.10 Å². The van der Waals surface area contributed by atoms with Crippen molar-refractivity contribution in [2.24, 2.45) is 0 Å². The molecule has 33 heavy (non-hydrogen) atoms. The lowest BCUT2D eigenvalue weighted by molar-refractivity contribution is 0.0674. The maximum atomic E-state index is 13.0. The molecule has 1 saturated heterocycles. The van der Waals surface area contributed by atoms with Crippen LogP contribution >= 0.6 is 0 Å². The summed E-state index contributed by atoms with van der Waals surface area (Å²) in [4.78, 5) is 19.2. The van der Waals surface area contributed by atoms with Crippen molar-refractivity contribution < 1.29 is 9.53 Å². The number of aryl methyl sites for hydroxylation is 1. The van der Waals surface area contributed by atoms with Crippen LogP contribution in [0.25, 0.3) is 11.1 Å². The van der Waals surface area contributed by atoms with Crippen molar-refractivity contribution in [2.45, 2.75) is 45.9 Å². The highest BCUT2D eigenvalue weighted by atomic mass is 16.5. The van der Waals surface area contributed by atoms with Crippen LogP contribution in [-0.4, -0.2) is 41.0 Å². The van der Waals surface area contributed by atoms with E-state index in [1.165, 1.54) is 5.56 Å². The van der Waals surface area contributed by atoms with Crippen molar-refractivity contribution in [3.63, 3.8) is 0 Å². The highest BCUT2D eigenvalue weighted by molar-refractivity contribution is 5.95. The molecule has 1 unspecified atom stereocenters. The van der Waals surface area contributed by atoms with Gasteiger partial charge in [-0.25, -0.2) is 4.98 Å². The summed E-state index contributed by atoms with van der Waals surface area (Å²) in [6.07, 6.45) is 1.57. The number of rotatable bonds is 5. The first-order chi connectivity index (χ1) is 15.8. The van der Waals surface area contributed by atoms with Crippen molar-refractivity contribution in [1.29, 1.82) is 0 Å². The summed E-state index contributed by atoms with van der Waals surface area (Å²) >= 11 is 0. The van der Waals surface area contributed by atoms with Crippen LogP contribution in [0.2, 0.25) is 0 Å². The quantitative estimate of drug-likeness (QED) is 0.601. The molecule has 2 heterocycles. The van der Waals surface area contributed by atoms with Gasteiger partial charge in [-0.15, -0.1) is 0 Å². The largest absolute Gasteiger partial charge is 0.482 e. The Bertz CT molecular complexity index is 1120. The van der Waals surface area contributed by atoms with Gasteiger partial charge in [0.15, 0.2) is 11.6 Å². The van der Waals surface area contributed by atoms with Gasteiger partial charge in [0, 0.05) is 42.5 Å². The molecule has 172 valence electrons. The molecule has 0 spiro atoms. The second-order valence-electron chi connectivity index (χ2n) is 9.04. The highest BCUT2D eigenvalue weighted by Crippen LogP contribution is 2.31. The Balaban J connectivity index is 1.51. The first kappa shape index (κ1) is 22.8. The van der Waals surface area contributed by atoms with Crippen molar-refractivity contribution in [3.05, 3.63) is 77.5 Å². The number of hydrogen-bond acceptors (Lipinski definition) is 5. The van der Waals surface area contributed by atoms with E-state index in [1.807, 2.05) is 54.3 Å². The predicted octanol–water partition coefficient (Wildman–Crippen LogP) is 4.60. The Kier molecular flexibility index (Phi) is 6.65. The zero-order valence-electron chi connectivity index (χ0n) is 19.7. The minimum absolute atomic E-state index is 0.0631. The Morgan fingerprint density at radius 3 is 2.45 bits per heavy atom. The van der Waals surface area contributed by atoms with E-state index in [4.69, 9.17) is 10.5 Å². The summed E-state index contributed by atoms with van der Waals surface area (Å²) in [5.74, 6) is 0.964. The van der Waals surface area contributed by atoms with Crippen LogP contribution in [0, 0.1) is 6.92 Å². The van der Waals surface area contributed by atoms with E-state index in [1.54, 1.807) is 6.20 Å². The summed E-state index contributed by atoms with van der Waals surface area (Å²) in [5.41, 5.74) is 10.9. The molecule has 6 heteroatoms. The summed E-state index contributed by atoms with van der Waals surface area (Å²) in [5, 5.41) is 3.46. The Labute approximate surface area is 195 Å². The lowest BCUT2D eigenvalue weighted by Gasteiger charge is -2.36. The fraction of sp³-hybridized carbons (Fsp3) is 0.333. The number of nitrogens with zero attached hydrogens (tertiary/aromatic N) is 2. The van der Waals surface area contributed by atoms with Crippen LogP contribution in [0.1, 0.15) is 48.4 Å². The molecule has 3 aromatic rings. The fourth-order valence-electron chi connectivity index (χ4n) is 4.37. The first-order valence-corrected chi connectivity index (χ1v) is 11.4. The molecule has 1 aliphatic rings. The predicted molar refractivity (Wildman–Crippen MR) is 132 cm³/mol. The molecule has 3 atom stereocenters. The van der Waals surface area contributed by atoms with E-state index in [-0.39, 0.29) is 12.0 Å². The number of carbonyl (C=O) groups is 1. The smallest absolute Gasteiger partial charge is 0.253 e. The molecule has 2 aromatic carbocycles. The Morgan fingerprint density at radius 1 is 1.09 bits per heavy atom. The molecule has 0 aliphatic carbocycles. The average molecular weight is 445 g/mol. The van der Waals surface area contributed by atoms with Crippen molar-refractivity contribution in [3.8, 4) is 16.9 Å². The summed E-state index contributed by atoms with van der Waals surface area (Å²) in [7, 11) is 0. The van der Waals surface area contributed by atoms with Crippen LogP contribution in [-0.2, 0) is 0 Å². The van der Waals surface area contributed by atoms with Gasteiger partial charge in [0.05, 0.1) is 0 Å². The lowest BCUT2D eigenvalue weighted by atomic mass is 10.0.